The first-order valence-corrected chi connectivity index (χ1v) is 9.08. The fourth-order valence-corrected chi connectivity index (χ4v) is 4.11. The SMILES string of the molecule is CSC1(C(=O)N2CCC[C@@H]2C[C@H](O)c2ccc(F)cc2)CC1. The first kappa shape index (κ1) is 15.8. The zero-order valence-electron chi connectivity index (χ0n) is 12.8. The molecule has 1 aliphatic heterocycles. The predicted molar refractivity (Wildman–Crippen MR) is 86.2 cm³/mol. The topological polar surface area (TPSA) is 40.5 Å². The van der Waals surface area contributed by atoms with E-state index in [1.807, 2.05) is 11.2 Å². The Hall–Kier alpha value is -1.07. The monoisotopic (exact) mass is 323 g/mol. The predicted octanol–water partition coefficient (Wildman–Crippen LogP) is 3.14. The lowest BCUT2D eigenvalue weighted by Crippen LogP contribution is -2.42. The van der Waals surface area contributed by atoms with Crippen LogP contribution in [0, 0.1) is 5.82 Å². The summed E-state index contributed by atoms with van der Waals surface area (Å²) >= 11 is 1.66. The van der Waals surface area contributed by atoms with Gasteiger partial charge in [-0.3, -0.25) is 4.79 Å². The van der Waals surface area contributed by atoms with E-state index in [1.165, 1.54) is 12.1 Å². The molecule has 5 heteroatoms. The zero-order chi connectivity index (χ0) is 15.7. The van der Waals surface area contributed by atoms with E-state index in [-0.39, 0.29) is 22.5 Å². The Morgan fingerprint density at radius 3 is 2.73 bits per heavy atom. The maximum absolute atomic E-state index is 13.0. The van der Waals surface area contributed by atoms with Crippen molar-refractivity contribution in [3.63, 3.8) is 0 Å². The summed E-state index contributed by atoms with van der Waals surface area (Å²) in [6.45, 7) is 0.794. The minimum absolute atomic E-state index is 0.0946. The molecular formula is C17H22FNO2S. The second-order valence-corrected chi connectivity index (χ2v) is 7.49. The summed E-state index contributed by atoms with van der Waals surface area (Å²) in [5.74, 6) is -0.0573. The molecule has 2 aliphatic rings. The van der Waals surface area contributed by atoms with E-state index in [1.54, 1.807) is 23.9 Å². The lowest BCUT2D eigenvalue weighted by atomic mass is 10.0. The second-order valence-electron chi connectivity index (χ2n) is 6.30. The number of aliphatic hydroxyl groups is 1. The average Bonchev–Trinajstić information content (AvgIpc) is 3.20. The van der Waals surface area contributed by atoms with E-state index < -0.39 is 6.10 Å². The maximum Gasteiger partial charge on any atom is 0.239 e. The van der Waals surface area contributed by atoms with E-state index in [4.69, 9.17) is 0 Å². The second kappa shape index (κ2) is 6.20. The van der Waals surface area contributed by atoms with Crippen LogP contribution in [0.4, 0.5) is 4.39 Å². The summed E-state index contributed by atoms with van der Waals surface area (Å²) in [7, 11) is 0. The van der Waals surface area contributed by atoms with Crippen LogP contribution in [0.15, 0.2) is 24.3 Å². The van der Waals surface area contributed by atoms with Crippen LogP contribution in [0.5, 0.6) is 0 Å². The number of nitrogens with zero attached hydrogens (tertiary/aromatic N) is 1. The van der Waals surface area contributed by atoms with Gasteiger partial charge in [-0.25, -0.2) is 4.39 Å². The van der Waals surface area contributed by atoms with Crippen molar-refractivity contribution in [3.05, 3.63) is 35.6 Å². The van der Waals surface area contributed by atoms with E-state index in [0.29, 0.717) is 12.0 Å². The Morgan fingerprint density at radius 1 is 1.45 bits per heavy atom. The molecule has 2 atom stereocenters. The minimum Gasteiger partial charge on any atom is -0.388 e. The molecule has 1 aromatic rings. The molecular weight excluding hydrogens is 301 g/mol. The fourth-order valence-electron chi connectivity index (χ4n) is 3.31. The van der Waals surface area contributed by atoms with Gasteiger partial charge in [0.15, 0.2) is 0 Å². The first-order valence-electron chi connectivity index (χ1n) is 7.85. The summed E-state index contributed by atoms with van der Waals surface area (Å²) in [4.78, 5) is 14.7. The average molecular weight is 323 g/mol. The number of carbonyl (C=O) groups is 1. The van der Waals surface area contributed by atoms with Crippen LogP contribution < -0.4 is 0 Å². The van der Waals surface area contributed by atoms with Gasteiger partial charge in [-0.05, 0) is 56.1 Å². The van der Waals surface area contributed by atoms with Crippen molar-refractivity contribution < 1.29 is 14.3 Å². The maximum atomic E-state index is 13.0. The summed E-state index contributed by atoms with van der Waals surface area (Å²) < 4.78 is 12.8. The van der Waals surface area contributed by atoms with Crippen LogP contribution >= 0.6 is 11.8 Å². The molecule has 1 saturated carbocycles. The molecule has 0 aromatic heterocycles. The van der Waals surface area contributed by atoms with Crippen molar-refractivity contribution >= 4 is 17.7 Å². The van der Waals surface area contributed by atoms with Crippen LogP contribution in [-0.2, 0) is 4.79 Å². The van der Waals surface area contributed by atoms with Crippen LogP contribution in [0.3, 0.4) is 0 Å². The van der Waals surface area contributed by atoms with Crippen molar-refractivity contribution in [2.75, 3.05) is 12.8 Å². The highest BCUT2D eigenvalue weighted by molar-refractivity contribution is 8.01. The number of rotatable bonds is 5. The number of aliphatic hydroxyl groups excluding tert-OH is 1. The highest BCUT2D eigenvalue weighted by Gasteiger charge is 2.52. The smallest absolute Gasteiger partial charge is 0.239 e. The summed E-state index contributed by atoms with van der Waals surface area (Å²) in [5.41, 5.74) is 0.715. The number of hydrogen-bond acceptors (Lipinski definition) is 3. The van der Waals surface area contributed by atoms with Gasteiger partial charge in [0, 0.05) is 12.6 Å². The van der Waals surface area contributed by atoms with Crippen LogP contribution in [0.2, 0.25) is 0 Å². The number of benzene rings is 1. The molecule has 120 valence electrons. The van der Waals surface area contributed by atoms with E-state index >= 15 is 0 Å². The molecule has 1 heterocycles. The van der Waals surface area contributed by atoms with Crippen molar-refractivity contribution in [3.8, 4) is 0 Å². The van der Waals surface area contributed by atoms with E-state index in [0.717, 1.165) is 32.2 Å². The van der Waals surface area contributed by atoms with Crippen LogP contribution in [0.1, 0.15) is 43.8 Å². The van der Waals surface area contributed by atoms with Gasteiger partial charge in [0.25, 0.3) is 0 Å². The molecule has 1 aromatic carbocycles. The summed E-state index contributed by atoms with van der Waals surface area (Å²) in [5, 5.41) is 10.4. The van der Waals surface area contributed by atoms with Crippen molar-refractivity contribution in [1.29, 1.82) is 0 Å². The molecule has 1 aliphatic carbocycles. The van der Waals surface area contributed by atoms with Gasteiger partial charge in [-0.1, -0.05) is 12.1 Å². The van der Waals surface area contributed by atoms with Crippen molar-refractivity contribution in [2.24, 2.45) is 0 Å². The molecule has 22 heavy (non-hydrogen) atoms. The Bertz CT molecular complexity index is 544. The van der Waals surface area contributed by atoms with Gasteiger partial charge in [0.1, 0.15) is 5.82 Å². The molecule has 0 unspecified atom stereocenters. The molecule has 3 nitrogen and oxygen atoms in total. The first-order chi connectivity index (χ1) is 10.6. The van der Waals surface area contributed by atoms with E-state index in [2.05, 4.69) is 0 Å². The lowest BCUT2D eigenvalue weighted by Gasteiger charge is -2.29. The third-order valence-electron chi connectivity index (χ3n) is 4.87. The Kier molecular flexibility index (Phi) is 4.46. The largest absolute Gasteiger partial charge is 0.388 e. The highest BCUT2D eigenvalue weighted by Crippen LogP contribution is 2.49. The number of carbonyl (C=O) groups excluding carboxylic acids is 1. The third kappa shape index (κ3) is 3.01. The van der Waals surface area contributed by atoms with Gasteiger partial charge in [0.05, 0.1) is 10.9 Å². The molecule has 2 fully saturated rings. The van der Waals surface area contributed by atoms with Gasteiger partial charge in [-0.2, -0.15) is 0 Å². The normalized spacial score (nSPS) is 24.3. The quantitative estimate of drug-likeness (QED) is 0.905. The summed E-state index contributed by atoms with van der Waals surface area (Å²) in [6, 6.07) is 6.06. The molecule has 1 saturated heterocycles. The molecule has 1 amide bonds. The zero-order valence-corrected chi connectivity index (χ0v) is 13.6. The van der Waals surface area contributed by atoms with Crippen molar-refractivity contribution in [2.45, 2.75) is 49.0 Å². The lowest BCUT2D eigenvalue weighted by molar-refractivity contribution is -0.132. The standard InChI is InChI=1S/C17H22FNO2S/c1-22-17(8-9-17)16(21)19-10-2-3-14(19)11-15(20)12-4-6-13(18)7-5-12/h4-7,14-15,20H,2-3,8-11H2,1H3/t14-,15+/m1/s1. The van der Waals surface area contributed by atoms with Crippen LogP contribution in [-0.4, -0.2) is 39.5 Å². The molecule has 0 radical (unpaired) electrons. The number of halogens is 1. The highest BCUT2D eigenvalue weighted by atomic mass is 32.2. The molecule has 3 rings (SSSR count). The number of amides is 1. The Labute approximate surface area is 134 Å². The molecule has 0 spiro atoms. The number of thioether (sulfide) groups is 1. The number of likely N-dealkylation sites (tertiary alicyclic amines) is 1. The third-order valence-corrected chi connectivity index (χ3v) is 6.24. The minimum atomic E-state index is -0.650. The van der Waals surface area contributed by atoms with Gasteiger partial charge >= 0.3 is 0 Å². The Morgan fingerprint density at radius 2 is 2.14 bits per heavy atom. The van der Waals surface area contributed by atoms with Gasteiger partial charge < -0.3 is 10.0 Å². The number of hydrogen-bond donors (Lipinski definition) is 1. The Balaban J connectivity index is 1.66. The summed E-state index contributed by atoms with van der Waals surface area (Å²) in [6.07, 6.45) is 5.76. The van der Waals surface area contributed by atoms with Crippen molar-refractivity contribution in [1.82, 2.24) is 4.90 Å². The van der Waals surface area contributed by atoms with E-state index in [9.17, 15) is 14.3 Å². The van der Waals surface area contributed by atoms with Gasteiger partial charge in [0.2, 0.25) is 5.91 Å². The van der Waals surface area contributed by atoms with Gasteiger partial charge in [-0.15, -0.1) is 11.8 Å². The van der Waals surface area contributed by atoms with Crippen LogP contribution in [0.25, 0.3) is 0 Å². The fraction of sp³-hybridized carbons (Fsp3) is 0.588. The molecule has 1 N–H and O–H groups in total. The molecule has 0 bridgehead atoms.